The third-order valence-electron chi connectivity index (χ3n) is 2.90. The highest BCUT2D eigenvalue weighted by Crippen LogP contribution is 2.28. The number of nitrogens with two attached hydrogens (primary N) is 1. The first-order chi connectivity index (χ1) is 8.27. The Morgan fingerprint density at radius 3 is 2.53 bits per heavy atom. The number of likely N-dealkylation sites (N-methyl/N-ethyl adjacent to an activating group) is 1. The van der Waals surface area contributed by atoms with Crippen LogP contribution >= 0.6 is 0 Å². The Morgan fingerprint density at radius 2 is 1.88 bits per heavy atom. The van der Waals surface area contributed by atoms with Gasteiger partial charge in [0.05, 0.1) is 11.6 Å². The first kappa shape index (κ1) is 11.4. The molecule has 2 aromatic rings. The van der Waals surface area contributed by atoms with Crippen molar-refractivity contribution >= 4 is 16.5 Å². The summed E-state index contributed by atoms with van der Waals surface area (Å²) in [6, 6.07) is 14.0. The second-order valence-electron chi connectivity index (χ2n) is 4.00. The second kappa shape index (κ2) is 4.86. The zero-order valence-corrected chi connectivity index (χ0v) is 9.85. The molecule has 0 saturated carbocycles. The van der Waals surface area contributed by atoms with Crippen molar-refractivity contribution in [3.8, 4) is 6.07 Å². The van der Waals surface area contributed by atoms with Gasteiger partial charge in [-0.05, 0) is 12.1 Å². The standard InChI is InChI=1S/C14H15N3/c1-17(9-8-15)14-7-6-11(10-16)12-4-2-3-5-13(12)14/h2-7H,8-9,15H2,1H3. The molecule has 0 radical (unpaired) electrons. The van der Waals surface area contributed by atoms with E-state index in [0.717, 1.165) is 23.0 Å². The summed E-state index contributed by atoms with van der Waals surface area (Å²) in [4.78, 5) is 2.11. The van der Waals surface area contributed by atoms with Crippen LogP contribution in [0.5, 0.6) is 0 Å². The number of nitriles is 1. The van der Waals surface area contributed by atoms with Crippen molar-refractivity contribution < 1.29 is 0 Å². The summed E-state index contributed by atoms with van der Waals surface area (Å²) in [5.74, 6) is 0. The van der Waals surface area contributed by atoms with Crippen molar-refractivity contribution in [2.75, 3.05) is 25.0 Å². The largest absolute Gasteiger partial charge is 0.373 e. The molecule has 0 bridgehead atoms. The molecule has 3 heteroatoms. The van der Waals surface area contributed by atoms with Gasteiger partial charge in [-0.1, -0.05) is 24.3 Å². The van der Waals surface area contributed by atoms with Crippen molar-refractivity contribution in [3.63, 3.8) is 0 Å². The molecule has 0 aromatic heterocycles. The maximum absolute atomic E-state index is 9.08. The SMILES string of the molecule is CN(CCN)c1ccc(C#N)c2ccccc12. The lowest BCUT2D eigenvalue weighted by molar-refractivity contribution is 0.889. The Balaban J connectivity index is 2.63. The number of hydrogen-bond acceptors (Lipinski definition) is 3. The van der Waals surface area contributed by atoms with Crippen molar-refractivity contribution in [3.05, 3.63) is 42.0 Å². The monoisotopic (exact) mass is 225 g/mol. The first-order valence-corrected chi connectivity index (χ1v) is 5.61. The molecular weight excluding hydrogens is 210 g/mol. The van der Waals surface area contributed by atoms with Crippen LogP contribution < -0.4 is 10.6 Å². The number of benzene rings is 2. The Labute approximate surface area is 101 Å². The molecule has 0 heterocycles. The van der Waals surface area contributed by atoms with Gasteiger partial charge in [-0.15, -0.1) is 0 Å². The highest BCUT2D eigenvalue weighted by Gasteiger charge is 2.08. The summed E-state index contributed by atoms with van der Waals surface area (Å²) in [6.45, 7) is 1.42. The van der Waals surface area contributed by atoms with E-state index in [4.69, 9.17) is 11.0 Å². The quantitative estimate of drug-likeness (QED) is 0.870. The van der Waals surface area contributed by atoms with Gasteiger partial charge in [-0.25, -0.2) is 0 Å². The molecule has 0 unspecified atom stereocenters. The molecule has 3 nitrogen and oxygen atoms in total. The number of fused-ring (bicyclic) bond motifs is 1. The molecule has 0 saturated heterocycles. The average molecular weight is 225 g/mol. The summed E-state index contributed by atoms with van der Waals surface area (Å²) in [6.07, 6.45) is 0. The van der Waals surface area contributed by atoms with Crippen LogP contribution in [0.1, 0.15) is 5.56 Å². The second-order valence-corrected chi connectivity index (χ2v) is 4.00. The van der Waals surface area contributed by atoms with Gasteiger partial charge in [0.15, 0.2) is 0 Å². The van der Waals surface area contributed by atoms with Gasteiger partial charge < -0.3 is 10.6 Å². The molecule has 0 amide bonds. The number of hydrogen-bond donors (Lipinski definition) is 1. The Kier molecular flexibility index (Phi) is 3.27. The van der Waals surface area contributed by atoms with Crippen molar-refractivity contribution in [1.82, 2.24) is 0 Å². The zero-order valence-electron chi connectivity index (χ0n) is 9.85. The van der Waals surface area contributed by atoms with Crippen molar-refractivity contribution in [2.24, 2.45) is 5.73 Å². The summed E-state index contributed by atoms with van der Waals surface area (Å²) in [7, 11) is 2.01. The lowest BCUT2D eigenvalue weighted by atomic mass is 10.0. The topological polar surface area (TPSA) is 53.0 Å². The van der Waals surface area contributed by atoms with E-state index in [-0.39, 0.29) is 0 Å². The van der Waals surface area contributed by atoms with E-state index in [9.17, 15) is 0 Å². The predicted octanol–water partition coefficient (Wildman–Crippen LogP) is 2.11. The Morgan fingerprint density at radius 1 is 1.18 bits per heavy atom. The van der Waals surface area contributed by atoms with Crippen LogP contribution in [0.15, 0.2) is 36.4 Å². The maximum Gasteiger partial charge on any atom is 0.0998 e. The molecule has 0 aliphatic rings. The van der Waals surface area contributed by atoms with E-state index in [1.165, 1.54) is 0 Å². The van der Waals surface area contributed by atoms with Gasteiger partial charge in [0, 0.05) is 36.6 Å². The number of rotatable bonds is 3. The van der Waals surface area contributed by atoms with Gasteiger partial charge in [0.1, 0.15) is 0 Å². The van der Waals surface area contributed by atoms with Gasteiger partial charge in [0.25, 0.3) is 0 Å². The van der Waals surface area contributed by atoms with E-state index in [1.54, 1.807) is 0 Å². The molecule has 0 spiro atoms. The molecule has 17 heavy (non-hydrogen) atoms. The normalized spacial score (nSPS) is 10.2. The molecule has 86 valence electrons. The molecule has 0 atom stereocenters. The predicted molar refractivity (Wildman–Crippen MR) is 71.0 cm³/mol. The third kappa shape index (κ3) is 2.08. The van der Waals surface area contributed by atoms with Gasteiger partial charge in [-0.3, -0.25) is 0 Å². The summed E-state index contributed by atoms with van der Waals surface area (Å²) >= 11 is 0. The van der Waals surface area contributed by atoms with E-state index < -0.39 is 0 Å². The zero-order chi connectivity index (χ0) is 12.3. The Bertz CT molecular complexity index is 569. The van der Waals surface area contributed by atoms with Gasteiger partial charge >= 0.3 is 0 Å². The highest BCUT2D eigenvalue weighted by molar-refractivity contribution is 5.97. The number of anilines is 1. The molecule has 0 fully saturated rings. The van der Waals surface area contributed by atoms with Gasteiger partial charge in [0.2, 0.25) is 0 Å². The Hall–Kier alpha value is -2.05. The van der Waals surface area contributed by atoms with Crippen molar-refractivity contribution in [1.29, 1.82) is 5.26 Å². The molecule has 2 rings (SSSR count). The van der Waals surface area contributed by atoms with Crippen LogP contribution in [-0.4, -0.2) is 20.1 Å². The molecule has 2 aromatic carbocycles. The lowest BCUT2D eigenvalue weighted by Gasteiger charge is -2.20. The van der Waals surface area contributed by atoms with Gasteiger partial charge in [-0.2, -0.15) is 5.26 Å². The van der Waals surface area contributed by atoms with E-state index in [1.807, 2.05) is 43.4 Å². The van der Waals surface area contributed by atoms with Crippen LogP contribution in [0.25, 0.3) is 10.8 Å². The van der Waals surface area contributed by atoms with Crippen LogP contribution in [0.3, 0.4) is 0 Å². The average Bonchev–Trinajstić information content (AvgIpc) is 2.37. The smallest absolute Gasteiger partial charge is 0.0998 e. The fraction of sp³-hybridized carbons (Fsp3) is 0.214. The minimum atomic E-state index is 0.616. The van der Waals surface area contributed by atoms with Crippen LogP contribution in [0.4, 0.5) is 5.69 Å². The van der Waals surface area contributed by atoms with E-state index >= 15 is 0 Å². The fourth-order valence-corrected chi connectivity index (χ4v) is 2.03. The number of nitrogens with zero attached hydrogens (tertiary/aromatic N) is 2. The molecule has 2 N–H and O–H groups in total. The molecular formula is C14H15N3. The third-order valence-corrected chi connectivity index (χ3v) is 2.90. The van der Waals surface area contributed by atoms with E-state index in [0.29, 0.717) is 12.1 Å². The maximum atomic E-state index is 9.08. The first-order valence-electron chi connectivity index (χ1n) is 5.61. The molecule has 0 aliphatic heterocycles. The summed E-state index contributed by atoms with van der Waals surface area (Å²) in [5.41, 5.74) is 7.40. The van der Waals surface area contributed by atoms with Crippen LogP contribution in [-0.2, 0) is 0 Å². The lowest BCUT2D eigenvalue weighted by Crippen LogP contribution is -2.25. The highest BCUT2D eigenvalue weighted by atomic mass is 15.1. The van der Waals surface area contributed by atoms with Crippen LogP contribution in [0, 0.1) is 11.3 Å². The van der Waals surface area contributed by atoms with E-state index in [2.05, 4.69) is 11.0 Å². The molecule has 0 aliphatic carbocycles. The van der Waals surface area contributed by atoms with Crippen molar-refractivity contribution in [2.45, 2.75) is 0 Å². The summed E-state index contributed by atoms with van der Waals surface area (Å²) in [5, 5.41) is 11.2. The fourth-order valence-electron chi connectivity index (χ4n) is 2.03. The minimum Gasteiger partial charge on any atom is -0.373 e. The summed E-state index contributed by atoms with van der Waals surface area (Å²) < 4.78 is 0. The van der Waals surface area contributed by atoms with Crippen LogP contribution in [0.2, 0.25) is 0 Å². The minimum absolute atomic E-state index is 0.616.